The van der Waals surface area contributed by atoms with Gasteiger partial charge in [0.2, 0.25) is 0 Å². The Bertz CT molecular complexity index is 650. The van der Waals surface area contributed by atoms with E-state index in [-0.39, 0.29) is 31.5 Å². The van der Waals surface area contributed by atoms with E-state index >= 15 is 0 Å². The van der Waals surface area contributed by atoms with Crippen molar-refractivity contribution in [3.05, 3.63) is 29.8 Å². The average Bonchev–Trinajstić information content (AvgIpc) is 2.46. The van der Waals surface area contributed by atoms with E-state index in [4.69, 9.17) is 4.74 Å². The van der Waals surface area contributed by atoms with Gasteiger partial charge in [0.25, 0.3) is 0 Å². The molecule has 6 heteroatoms. The summed E-state index contributed by atoms with van der Waals surface area (Å²) in [5.41, 5.74) is -0.636. The number of rotatable bonds is 3. The molecule has 0 bridgehead atoms. The van der Waals surface area contributed by atoms with Crippen LogP contribution in [0.3, 0.4) is 0 Å². The smallest absolute Gasteiger partial charge is 0.412 e. The lowest BCUT2D eigenvalue weighted by atomic mass is 9.69. The van der Waals surface area contributed by atoms with Gasteiger partial charge in [-0.25, -0.2) is 4.79 Å². The Balaban J connectivity index is 2.23. The summed E-state index contributed by atoms with van der Waals surface area (Å²) in [5.74, 6) is -0.848. The number of hydrogen-bond donors (Lipinski definition) is 2. The fraction of sp³-hybridized carbons (Fsp3) is 0.500. The van der Waals surface area contributed by atoms with E-state index in [1.54, 1.807) is 45.0 Å². The van der Waals surface area contributed by atoms with E-state index in [1.807, 2.05) is 0 Å². The van der Waals surface area contributed by atoms with Crippen molar-refractivity contribution in [2.24, 2.45) is 0 Å². The van der Waals surface area contributed by atoms with Gasteiger partial charge in [-0.1, -0.05) is 12.1 Å². The van der Waals surface area contributed by atoms with Crippen LogP contribution in [0.4, 0.5) is 10.5 Å². The summed E-state index contributed by atoms with van der Waals surface area (Å²) in [7, 11) is 0. The van der Waals surface area contributed by atoms with Crippen molar-refractivity contribution in [3.63, 3.8) is 0 Å². The fourth-order valence-corrected chi connectivity index (χ4v) is 2.90. The highest BCUT2D eigenvalue weighted by Gasteiger charge is 2.43. The summed E-state index contributed by atoms with van der Waals surface area (Å²) < 4.78 is 5.20. The predicted molar refractivity (Wildman–Crippen MR) is 89.1 cm³/mol. The van der Waals surface area contributed by atoms with Gasteiger partial charge in [-0.2, -0.15) is 0 Å². The van der Waals surface area contributed by atoms with Crippen LogP contribution in [0.25, 0.3) is 0 Å². The molecule has 2 N–H and O–H groups in total. The molecule has 0 saturated heterocycles. The normalized spacial score (nSPS) is 17.2. The zero-order valence-corrected chi connectivity index (χ0v) is 14.2. The molecule has 0 radical (unpaired) electrons. The number of amides is 1. The lowest BCUT2D eigenvalue weighted by Gasteiger charge is -2.33. The van der Waals surface area contributed by atoms with Crippen LogP contribution in [-0.2, 0) is 19.7 Å². The second kappa shape index (κ2) is 6.63. The fourth-order valence-electron chi connectivity index (χ4n) is 2.90. The molecular formula is C18H23NO5. The molecule has 1 amide bonds. The third kappa shape index (κ3) is 4.13. The molecule has 1 aromatic carbocycles. The summed E-state index contributed by atoms with van der Waals surface area (Å²) in [4.78, 5) is 35.2. The molecule has 1 fully saturated rings. The van der Waals surface area contributed by atoms with Gasteiger partial charge in [0.05, 0.1) is 5.41 Å². The van der Waals surface area contributed by atoms with Gasteiger partial charge in [0.15, 0.2) is 0 Å². The molecule has 0 spiro atoms. The minimum atomic E-state index is -1.08. The first kappa shape index (κ1) is 18.0. The van der Waals surface area contributed by atoms with Crippen molar-refractivity contribution in [2.75, 3.05) is 5.32 Å². The molecule has 6 nitrogen and oxygen atoms in total. The Labute approximate surface area is 141 Å². The van der Waals surface area contributed by atoms with Gasteiger partial charge in [0.1, 0.15) is 11.4 Å². The Morgan fingerprint density at radius 2 is 1.83 bits per heavy atom. The van der Waals surface area contributed by atoms with Crippen LogP contribution in [0, 0.1) is 0 Å². The van der Waals surface area contributed by atoms with Gasteiger partial charge in [-0.05, 0) is 51.3 Å². The number of Topliss-reactive ketones (excluding diaryl/α,β-unsaturated/α-hetero) is 1. The molecule has 1 aliphatic carbocycles. The summed E-state index contributed by atoms with van der Waals surface area (Å²) in [6.45, 7) is 5.30. The Morgan fingerprint density at radius 1 is 1.21 bits per heavy atom. The number of aliphatic carboxylic acids is 1. The number of ketones is 1. The van der Waals surface area contributed by atoms with Crippen LogP contribution in [0.2, 0.25) is 0 Å². The number of benzene rings is 1. The molecule has 0 heterocycles. The summed E-state index contributed by atoms with van der Waals surface area (Å²) in [5, 5.41) is 12.4. The van der Waals surface area contributed by atoms with Crippen molar-refractivity contribution >= 4 is 23.5 Å². The zero-order chi connectivity index (χ0) is 18.0. The second-order valence-electron chi connectivity index (χ2n) is 7.13. The first-order valence-electron chi connectivity index (χ1n) is 7.98. The maximum absolute atomic E-state index is 11.9. The quantitative estimate of drug-likeness (QED) is 0.883. The standard InChI is InChI=1S/C18H23NO5/c1-17(2,3)24-16(23)19-13-6-4-5-12(11-13)18(15(21)22)9-7-14(20)8-10-18/h4-6,11H,7-10H2,1-3H3,(H,19,23)(H,21,22). The number of carbonyl (C=O) groups excluding carboxylic acids is 2. The summed E-state index contributed by atoms with van der Waals surface area (Å²) in [6, 6.07) is 6.75. The lowest BCUT2D eigenvalue weighted by Crippen LogP contribution is -2.39. The molecule has 0 atom stereocenters. The molecule has 0 aliphatic heterocycles. The van der Waals surface area contributed by atoms with E-state index in [1.165, 1.54) is 0 Å². The predicted octanol–water partition coefficient (Wildman–Crippen LogP) is 3.50. The van der Waals surface area contributed by atoms with Crippen LogP contribution < -0.4 is 5.32 Å². The van der Waals surface area contributed by atoms with E-state index in [9.17, 15) is 19.5 Å². The Hall–Kier alpha value is -2.37. The average molecular weight is 333 g/mol. The lowest BCUT2D eigenvalue weighted by molar-refractivity contribution is -0.146. The first-order chi connectivity index (χ1) is 11.1. The van der Waals surface area contributed by atoms with E-state index in [2.05, 4.69) is 5.32 Å². The van der Waals surface area contributed by atoms with Gasteiger partial charge in [-0.3, -0.25) is 14.9 Å². The molecule has 1 saturated carbocycles. The summed E-state index contributed by atoms with van der Waals surface area (Å²) in [6.07, 6.45) is 0.475. The number of anilines is 1. The Morgan fingerprint density at radius 3 is 2.38 bits per heavy atom. The van der Waals surface area contributed by atoms with Crippen LogP contribution in [0.1, 0.15) is 52.0 Å². The summed E-state index contributed by atoms with van der Waals surface area (Å²) >= 11 is 0. The van der Waals surface area contributed by atoms with Gasteiger partial charge in [-0.15, -0.1) is 0 Å². The van der Waals surface area contributed by atoms with Crippen LogP contribution in [0.15, 0.2) is 24.3 Å². The molecular weight excluding hydrogens is 310 g/mol. The van der Waals surface area contributed by atoms with Crippen LogP contribution >= 0.6 is 0 Å². The molecule has 24 heavy (non-hydrogen) atoms. The van der Waals surface area contributed by atoms with E-state index < -0.39 is 23.1 Å². The molecule has 0 aromatic heterocycles. The third-order valence-electron chi connectivity index (χ3n) is 4.13. The molecule has 0 unspecified atom stereocenters. The zero-order valence-electron chi connectivity index (χ0n) is 14.2. The van der Waals surface area contributed by atoms with E-state index in [0.29, 0.717) is 11.3 Å². The minimum Gasteiger partial charge on any atom is -0.481 e. The second-order valence-corrected chi connectivity index (χ2v) is 7.13. The highest BCUT2D eigenvalue weighted by Crippen LogP contribution is 2.39. The highest BCUT2D eigenvalue weighted by atomic mass is 16.6. The number of ether oxygens (including phenoxy) is 1. The minimum absolute atomic E-state index is 0.0925. The molecule has 1 aliphatic rings. The number of nitrogens with one attached hydrogen (secondary N) is 1. The van der Waals surface area contributed by atoms with Crippen LogP contribution in [0.5, 0.6) is 0 Å². The number of carboxylic acids is 1. The topological polar surface area (TPSA) is 92.7 Å². The number of hydrogen-bond acceptors (Lipinski definition) is 4. The number of carboxylic acid groups (broad SMARTS) is 1. The van der Waals surface area contributed by atoms with Crippen molar-refractivity contribution in [2.45, 2.75) is 57.5 Å². The third-order valence-corrected chi connectivity index (χ3v) is 4.13. The monoisotopic (exact) mass is 333 g/mol. The van der Waals surface area contributed by atoms with Crippen molar-refractivity contribution in [3.8, 4) is 0 Å². The van der Waals surface area contributed by atoms with Crippen LogP contribution in [-0.4, -0.2) is 28.6 Å². The van der Waals surface area contributed by atoms with Crippen molar-refractivity contribution in [1.29, 1.82) is 0 Å². The Kier molecular flexibility index (Phi) is 4.96. The van der Waals surface area contributed by atoms with Crippen molar-refractivity contribution in [1.82, 2.24) is 0 Å². The van der Waals surface area contributed by atoms with E-state index in [0.717, 1.165) is 0 Å². The van der Waals surface area contributed by atoms with Crippen molar-refractivity contribution < 1.29 is 24.2 Å². The first-order valence-corrected chi connectivity index (χ1v) is 7.98. The van der Waals surface area contributed by atoms with Gasteiger partial charge < -0.3 is 9.84 Å². The van der Waals surface area contributed by atoms with Gasteiger partial charge >= 0.3 is 12.1 Å². The maximum Gasteiger partial charge on any atom is 0.412 e. The highest BCUT2D eigenvalue weighted by molar-refractivity contribution is 5.89. The largest absolute Gasteiger partial charge is 0.481 e. The SMILES string of the molecule is CC(C)(C)OC(=O)Nc1cccc(C2(C(=O)O)CCC(=O)CC2)c1. The maximum atomic E-state index is 11.9. The molecule has 2 rings (SSSR count). The number of carbonyl (C=O) groups is 3. The molecule has 1 aromatic rings. The van der Waals surface area contributed by atoms with Gasteiger partial charge in [0, 0.05) is 18.5 Å². The molecule has 130 valence electrons.